The van der Waals surface area contributed by atoms with Gasteiger partial charge >= 0.3 is 0 Å². The molecule has 4 rings (SSSR count). The first kappa shape index (κ1) is 20.0. The lowest BCUT2D eigenvalue weighted by Crippen LogP contribution is -2.28. The van der Waals surface area contributed by atoms with Gasteiger partial charge in [0.2, 0.25) is 10.0 Å². The van der Waals surface area contributed by atoms with E-state index in [0.717, 1.165) is 11.1 Å². The lowest BCUT2D eigenvalue weighted by molar-refractivity contribution is 0.103. The molecule has 29 heavy (non-hydrogen) atoms. The number of rotatable bonds is 4. The Kier molecular flexibility index (Phi) is 5.15. The minimum Gasteiger partial charge on any atom is -0.289 e. The van der Waals surface area contributed by atoms with Gasteiger partial charge < -0.3 is 0 Å². The maximum Gasteiger partial charge on any atom is 0.232 e. The molecule has 1 aliphatic rings. The number of sulfonamides is 1. The van der Waals surface area contributed by atoms with Crippen LogP contribution in [0.5, 0.6) is 0 Å². The van der Waals surface area contributed by atoms with Crippen molar-refractivity contribution < 1.29 is 13.2 Å². The number of nitrogens with zero attached hydrogens (tertiary/aromatic N) is 1. The fraction of sp³-hybridized carbons (Fsp3) is 0.136. The molecule has 0 saturated heterocycles. The third kappa shape index (κ3) is 3.90. The predicted octanol–water partition coefficient (Wildman–Crippen LogP) is 5.14. The fourth-order valence-electron chi connectivity index (χ4n) is 3.65. The molecule has 0 aliphatic carbocycles. The van der Waals surface area contributed by atoms with E-state index in [1.165, 1.54) is 10.6 Å². The lowest BCUT2D eigenvalue weighted by Gasteiger charge is -2.17. The van der Waals surface area contributed by atoms with Gasteiger partial charge in [-0.2, -0.15) is 0 Å². The number of ketones is 1. The van der Waals surface area contributed by atoms with Gasteiger partial charge in [0.05, 0.1) is 11.9 Å². The summed E-state index contributed by atoms with van der Waals surface area (Å²) in [4.78, 5) is 12.9. The molecule has 1 aliphatic heterocycles. The number of halogens is 2. The molecule has 3 aromatic rings. The second-order valence-electron chi connectivity index (χ2n) is 7.01. The zero-order valence-electron chi connectivity index (χ0n) is 15.5. The highest BCUT2D eigenvalue weighted by Gasteiger charge is 2.35. The van der Waals surface area contributed by atoms with E-state index in [4.69, 9.17) is 23.2 Å². The van der Waals surface area contributed by atoms with Crippen molar-refractivity contribution in [2.24, 2.45) is 0 Å². The van der Waals surface area contributed by atoms with Crippen LogP contribution in [-0.2, 0) is 10.0 Å². The summed E-state index contributed by atoms with van der Waals surface area (Å²) in [6.07, 6.45) is 1.18. The van der Waals surface area contributed by atoms with Crippen molar-refractivity contribution in [2.45, 2.75) is 5.92 Å². The molecule has 148 valence electrons. The van der Waals surface area contributed by atoms with Gasteiger partial charge in [0, 0.05) is 33.6 Å². The summed E-state index contributed by atoms with van der Waals surface area (Å²) in [5, 5.41) is 1.13. The molecular weight excluding hydrogens is 429 g/mol. The van der Waals surface area contributed by atoms with Crippen molar-refractivity contribution in [1.82, 2.24) is 0 Å². The SMILES string of the molecule is CS(=O)(=O)N1CC(c2cccc(Cl)c2)c2cc(C(=O)c3ccc(Cl)cc3)ccc21. The molecular formula is C22H17Cl2NO3S. The average Bonchev–Trinajstić information content (AvgIpc) is 3.07. The minimum absolute atomic E-state index is 0.146. The molecule has 0 aromatic heterocycles. The number of benzene rings is 3. The van der Waals surface area contributed by atoms with Crippen LogP contribution in [0.25, 0.3) is 0 Å². The minimum atomic E-state index is -3.46. The summed E-state index contributed by atoms with van der Waals surface area (Å²) < 4.78 is 26.0. The highest BCUT2D eigenvalue weighted by atomic mass is 35.5. The lowest BCUT2D eigenvalue weighted by atomic mass is 9.91. The number of carbonyl (C=O) groups is 1. The van der Waals surface area contributed by atoms with E-state index in [2.05, 4.69) is 0 Å². The van der Waals surface area contributed by atoms with E-state index in [-0.39, 0.29) is 18.2 Å². The molecule has 4 nitrogen and oxygen atoms in total. The molecule has 0 fully saturated rings. The van der Waals surface area contributed by atoms with Crippen LogP contribution >= 0.6 is 23.2 Å². The molecule has 0 bridgehead atoms. The van der Waals surface area contributed by atoms with Gasteiger partial charge in [-0.15, -0.1) is 0 Å². The number of hydrogen-bond acceptors (Lipinski definition) is 3. The maximum atomic E-state index is 12.9. The second-order valence-corrected chi connectivity index (χ2v) is 9.79. The van der Waals surface area contributed by atoms with Crippen LogP contribution in [0.3, 0.4) is 0 Å². The van der Waals surface area contributed by atoms with Crippen LogP contribution in [0.2, 0.25) is 10.0 Å². The Bertz CT molecular complexity index is 1210. The van der Waals surface area contributed by atoms with Gasteiger partial charge in [0.15, 0.2) is 5.78 Å². The van der Waals surface area contributed by atoms with Crippen molar-refractivity contribution in [2.75, 3.05) is 17.1 Å². The van der Waals surface area contributed by atoms with Crippen LogP contribution in [0.1, 0.15) is 33.0 Å². The Labute approximate surface area is 179 Å². The van der Waals surface area contributed by atoms with Crippen molar-refractivity contribution in [3.05, 3.63) is 99.0 Å². The van der Waals surface area contributed by atoms with E-state index in [9.17, 15) is 13.2 Å². The molecule has 0 radical (unpaired) electrons. The van der Waals surface area contributed by atoms with Gasteiger partial charge in [-0.05, 0) is 65.7 Å². The van der Waals surface area contributed by atoms with Gasteiger partial charge in [-0.25, -0.2) is 8.42 Å². The molecule has 1 unspecified atom stereocenters. The molecule has 1 atom stereocenters. The largest absolute Gasteiger partial charge is 0.289 e. The van der Waals surface area contributed by atoms with Crippen LogP contribution in [0.4, 0.5) is 5.69 Å². The van der Waals surface area contributed by atoms with E-state index >= 15 is 0 Å². The van der Waals surface area contributed by atoms with Gasteiger partial charge in [0.25, 0.3) is 0 Å². The molecule has 0 spiro atoms. The number of hydrogen-bond donors (Lipinski definition) is 0. The Morgan fingerprint density at radius 3 is 2.28 bits per heavy atom. The topological polar surface area (TPSA) is 54.5 Å². The number of fused-ring (bicyclic) bond motifs is 1. The number of carbonyl (C=O) groups excluding carboxylic acids is 1. The summed E-state index contributed by atoms with van der Waals surface area (Å²) in [6, 6.07) is 19.2. The molecule has 0 N–H and O–H groups in total. The number of anilines is 1. The predicted molar refractivity (Wildman–Crippen MR) is 117 cm³/mol. The smallest absolute Gasteiger partial charge is 0.232 e. The van der Waals surface area contributed by atoms with E-state index in [0.29, 0.717) is 26.9 Å². The molecule has 7 heteroatoms. The Morgan fingerprint density at radius 2 is 1.62 bits per heavy atom. The zero-order valence-corrected chi connectivity index (χ0v) is 17.8. The van der Waals surface area contributed by atoms with Crippen LogP contribution < -0.4 is 4.31 Å². The van der Waals surface area contributed by atoms with Gasteiger partial charge in [-0.3, -0.25) is 9.10 Å². The zero-order chi connectivity index (χ0) is 20.8. The molecule has 0 saturated carbocycles. The fourth-order valence-corrected chi connectivity index (χ4v) is 4.92. The quantitative estimate of drug-likeness (QED) is 0.522. The van der Waals surface area contributed by atoms with E-state index in [1.54, 1.807) is 48.5 Å². The molecule has 0 amide bonds. The van der Waals surface area contributed by atoms with E-state index in [1.807, 2.05) is 18.2 Å². The standard InChI is InChI=1S/C22H17Cl2NO3S/c1-29(27,28)25-13-20(15-3-2-4-18(24)11-15)19-12-16(7-10-21(19)25)22(26)14-5-8-17(23)9-6-14/h2-12,20H,13H2,1H3. The van der Waals surface area contributed by atoms with Crippen molar-refractivity contribution in [1.29, 1.82) is 0 Å². The maximum absolute atomic E-state index is 12.9. The van der Waals surface area contributed by atoms with Crippen molar-refractivity contribution in [3.8, 4) is 0 Å². The molecule has 1 heterocycles. The monoisotopic (exact) mass is 445 g/mol. The van der Waals surface area contributed by atoms with Crippen molar-refractivity contribution in [3.63, 3.8) is 0 Å². The van der Waals surface area contributed by atoms with Gasteiger partial charge in [0.1, 0.15) is 0 Å². The highest BCUT2D eigenvalue weighted by molar-refractivity contribution is 7.92. The molecule has 3 aromatic carbocycles. The van der Waals surface area contributed by atoms with E-state index < -0.39 is 10.0 Å². The first-order chi connectivity index (χ1) is 13.7. The van der Waals surface area contributed by atoms with Crippen LogP contribution in [-0.4, -0.2) is 27.0 Å². The summed E-state index contributed by atoms with van der Waals surface area (Å²) in [5.41, 5.74) is 3.30. The normalized spacial score (nSPS) is 16.0. The third-order valence-electron chi connectivity index (χ3n) is 5.04. The average molecular weight is 446 g/mol. The van der Waals surface area contributed by atoms with Crippen LogP contribution in [0.15, 0.2) is 66.7 Å². The summed E-state index contributed by atoms with van der Waals surface area (Å²) in [7, 11) is -3.46. The Hall–Kier alpha value is -2.34. The summed E-state index contributed by atoms with van der Waals surface area (Å²) in [6.45, 7) is 0.271. The Morgan fingerprint density at radius 1 is 0.931 bits per heavy atom. The second kappa shape index (κ2) is 7.48. The first-order valence-electron chi connectivity index (χ1n) is 8.91. The van der Waals surface area contributed by atoms with Gasteiger partial charge in [-0.1, -0.05) is 35.3 Å². The first-order valence-corrected chi connectivity index (χ1v) is 11.5. The van der Waals surface area contributed by atoms with Crippen molar-refractivity contribution >= 4 is 44.7 Å². The van der Waals surface area contributed by atoms with Crippen LogP contribution in [0, 0.1) is 0 Å². The summed E-state index contributed by atoms with van der Waals surface area (Å²) >= 11 is 12.1. The summed E-state index contributed by atoms with van der Waals surface area (Å²) in [5.74, 6) is -0.358. The Balaban J connectivity index is 1.81. The highest BCUT2D eigenvalue weighted by Crippen LogP contribution is 2.42. The third-order valence-corrected chi connectivity index (χ3v) is 6.67.